The van der Waals surface area contributed by atoms with Gasteiger partial charge in [-0.25, -0.2) is 0 Å². The molecule has 0 radical (unpaired) electrons. The number of rotatable bonds is 23. The van der Waals surface area contributed by atoms with E-state index in [-0.39, 0.29) is 58.3 Å². The fourth-order valence-electron chi connectivity index (χ4n) is 45.5. The molecule has 850 valence electrons. The third kappa shape index (κ3) is 21.5. The molecule has 11 heteroatoms. The quantitative estimate of drug-likeness (QED) is 0.0434. The molecule has 21 aliphatic carbocycles. The Bertz CT molecular complexity index is 4510. The molecule has 19 fully saturated rings. The number of aliphatic hydroxyl groups excluding tert-OH is 4. The summed E-state index contributed by atoms with van der Waals surface area (Å²) in [6, 6.07) is 0. The molecule has 0 unspecified atom stereocenters. The summed E-state index contributed by atoms with van der Waals surface area (Å²) in [6.07, 6.45) is 67.0. The maximum Gasteiger partial charge on any atom is 0.137 e. The van der Waals surface area contributed by atoms with E-state index in [0.717, 1.165) is 249 Å². The van der Waals surface area contributed by atoms with Gasteiger partial charge in [0, 0.05) is 12.3 Å². The Kier molecular flexibility index (Phi) is 34.6. The first-order valence-electron chi connectivity index (χ1n) is 65.2. The second kappa shape index (κ2) is 43.6. The van der Waals surface area contributed by atoms with Crippen molar-refractivity contribution in [2.75, 3.05) is 0 Å². The fraction of sp³-hybridized carbons (Fsp3) is 0.964. The first-order valence-corrected chi connectivity index (χ1v) is 65.2. The molecule has 11 nitrogen and oxygen atoms in total. The van der Waals surface area contributed by atoms with Crippen LogP contribution in [0.5, 0.6) is 0 Å². The van der Waals surface area contributed by atoms with Crippen molar-refractivity contribution in [2.45, 2.75) is 592 Å². The maximum absolute atomic E-state index is 13.8. The summed E-state index contributed by atoms with van der Waals surface area (Å²) in [5.41, 5.74) is 3.89. The third-order valence-corrected chi connectivity index (χ3v) is 55.6. The number of carbonyl (C=O) groups is 1. The van der Waals surface area contributed by atoms with Crippen LogP contribution in [0.15, 0.2) is 23.3 Å². The van der Waals surface area contributed by atoms with Gasteiger partial charge < -0.3 is 51.1 Å². The van der Waals surface area contributed by atoms with Crippen LogP contribution >= 0.6 is 0 Å². The summed E-state index contributed by atoms with van der Waals surface area (Å²) in [5.74, 6) is 21.2. The van der Waals surface area contributed by atoms with E-state index in [4.69, 9.17) is 0 Å². The van der Waals surface area contributed by atoms with E-state index < -0.39 is 22.4 Å². The first kappa shape index (κ1) is 118. The van der Waals surface area contributed by atoms with Crippen LogP contribution in [0.1, 0.15) is 534 Å². The molecule has 0 aromatic heterocycles. The molecule has 0 aromatic carbocycles. The number of aliphatic hydroxyl groups is 10. The molecule has 0 spiro atoms. The summed E-state index contributed by atoms with van der Waals surface area (Å²) in [5, 5.41) is 109. The minimum atomic E-state index is -0.552. The van der Waals surface area contributed by atoms with Crippen molar-refractivity contribution in [1.29, 1.82) is 0 Å². The molecule has 10 N–H and O–H groups in total. The number of ketones is 1. The molecule has 0 aliphatic heterocycles. The number of hydrogen-bond donors (Lipinski definition) is 10. The molecule has 47 atom stereocenters. The average molecular weight is 2060 g/mol. The summed E-state index contributed by atoms with van der Waals surface area (Å²) >= 11 is 0. The summed E-state index contributed by atoms with van der Waals surface area (Å²) in [4.78, 5) is 13.8. The van der Waals surface area contributed by atoms with Crippen molar-refractivity contribution >= 4 is 5.78 Å². The van der Waals surface area contributed by atoms with Crippen molar-refractivity contribution in [3.63, 3.8) is 0 Å². The highest BCUT2D eigenvalue weighted by molar-refractivity contribution is 5.84. The van der Waals surface area contributed by atoms with Crippen LogP contribution in [0.3, 0.4) is 0 Å². The zero-order valence-corrected chi connectivity index (χ0v) is 101. The van der Waals surface area contributed by atoms with E-state index in [0.29, 0.717) is 138 Å². The smallest absolute Gasteiger partial charge is 0.137 e. The standard InChI is InChI=1S/C28H48O3.C28H50O2.C28H48O2.C27H46O2.C26H44O2/c1-17(2)7-12-23(29)18(3)21-10-11-22-20-9-8-19-15-26(4,31)13-14-27(19,5)25(20)24(30)16-28(21,22)6;2*1-18(2)7-12-25(29)19(3)22-10-11-23-21-9-8-20-17-26(4,30)15-16-27(20,5)24(21)13-14-28(22,23)6;1-6-8-24(28)18(3)21-11-12-22-20-10-9-19-17-27(29,7-2)16-15-25(19,4)23(20)13-14-26(21,22)5;1-5-25(27)13-12-23(3)18(16-25)6-7-19-21-9-8-20(17(2)26(28)14-15-26)24(21,4)11-10-22(19)23/h17-23,25,29,31H,7-16H2,1-6H3;18-25,29-30H,7-17H2,1-6H3;8,18-19,21-25,29-30H,7,9-17H2,1-6H3;9,18,20-24,28-29H,6-8,10-17H2,1-5H3;17-22,27-28H,5-16H2,1-4H3/t18-,19-,20-,21+,22-,23-,25+,26-,27-,28+;19-,20-,21-,22+,23-,24-,25-,26-,27-,28+;19-,21-,22+,23-,24-,25-,26-,27-,28+;18-,20-,21+,22-,23-,24-,25-,26+,27-;17-,18-,19-,20+,21-,22-,23-,24+,25-/m00000/s1. The molecule has 0 amide bonds. The lowest BCUT2D eigenvalue weighted by atomic mass is 9.43. The largest absolute Gasteiger partial charge is 0.393 e. The van der Waals surface area contributed by atoms with E-state index in [1.165, 1.54) is 180 Å². The van der Waals surface area contributed by atoms with Gasteiger partial charge in [-0.15, -0.1) is 0 Å². The van der Waals surface area contributed by atoms with Gasteiger partial charge in [-0.2, -0.15) is 0 Å². The van der Waals surface area contributed by atoms with E-state index in [1.54, 1.807) is 11.1 Å². The Morgan fingerprint density at radius 1 is 0.277 bits per heavy atom. The van der Waals surface area contributed by atoms with Crippen LogP contribution in [-0.2, 0) is 4.79 Å². The summed E-state index contributed by atoms with van der Waals surface area (Å²) < 4.78 is 0. The number of allylic oxidation sites excluding steroid dienone is 2. The molecule has 0 heterocycles. The maximum atomic E-state index is 13.8. The average Bonchev–Trinajstić information content (AvgIpc) is 1.43. The van der Waals surface area contributed by atoms with Gasteiger partial charge in [-0.1, -0.05) is 196 Å². The van der Waals surface area contributed by atoms with E-state index in [2.05, 4.69) is 185 Å². The first-order chi connectivity index (χ1) is 69.2. The molecule has 148 heavy (non-hydrogen) atoms. The number of hydrogen-bond acceptors (Lipinski definition) is 11. The zero-order valence-electron chi connectivity index (χ0n) is 101. The summed E-state index contributed by atoms with van der Waals surface area (Å²) in [6.45, 7) is 63.2. The van der Waals surface area contributed by atoms with Gasteiger partial charge in [0.2, 0.25) is 0 Å². The van der Waals surface area contributed by atoms with Gasteiger partial charge in [0.05, 0.1) is 58.0 Å². The second-order valence-corrected chi connectivity index (χ2v) is 64.5. The molecule has 0 bridgehead atoms. The second-order valence-electron chi connectivity index (χ2n) is 64.5. The fourth-order valence-corrected chi connectivity index (χ4v) is 45.5. The Labute approximate surface area is 908 Å². The highest BCUT2D eigenvalue weighted by atomic mass is 16.3. The van der Waals surface area contributed by atoms with Crippen LogP contribution < -0.4 is 0 Å². The van der Waals surface area contributed by atoms with Gasteiger partial charge in [-0.05, 0) is 586 Å². The topological polar surface area (TPSA) is 219 Å². The van der Waals surface area contributed by atoms with Crippen LogP contribution in [0.4, 0.5) is 0 Å². The monoisotopic (exact) mass is 2060 g/mol. The molecule has 0 aromatic rings. The molecule has 21 aliphatic rings. The van der Waals surface area contributed by atoms with Gasteiger partial charge in [0.15, 0.2) is 0 Å². The minimum Gasteiger partial charge on any atom is -0.393 e. The summed E-state index contributed by atoms with van der Waals surface area (Å²) in [7, 11) is 0. The van der Waals surface area contributed by atoms with E-state index in [1.807, 2.05) is 13.8 Å². The molecular weight excluding hydrogens is 1820 g/mol. The van der Waals surface area contributed by atoms with Crippen LogP contribution in [0.25, 0.3) is 0 Å². The van der Waals surface area contributed by atoms with Gasteiger partial charge in [0.1, 0.15) is 5.78 Å². The van der Waals surface area contributed by atoms with Crippen molar-refractivity contribution in [3.8, 4) is 0 Å². The minimum absolute atomic E-state index is 0.0554. The SMILES string of the molecule is CC(C)CC[C@H](O)[C@@H](C)[C@H]1CC[C@H]2[C@@H]3CC=C4C[C@@](C)(O)CC[C@]4(C)[C@H]3CC[C@]12C.CC(C)CC[C@H](O)[C@@H](C)[C@H]1CC[C@H]2[C@@H]3CC[C@H]4C[C@@](C)(O)CC[C@]4(C)[C@H]3C(=O)C[C@]12C.CC(C)CC[C@H](O)[C@@H](C)[C@H]1CC[C@H]2[C@@H]3CC[C@H]4C[C@@](C)(O)CC[C@]4(C)[C@H]3CC[C@]12C.CCC[C@H](O)[C@@H](C)[C@H]1CC[C@H]2[C@@H]3CC=C4C[C@](O)(CC)CC[C@]4(C)[C@H]3CC[C@]12C.CC[C@]1(O)CC[C@@]2(C)[C@@H](CC[C@@H]3[C@@H]2CC[C@]2(C)[C@@H]([C@H](C)C4(O)CC4)CC[C@@H]32)C1. The van der Waals surface area contributed by atoms with Crippen molar-refractivity contribution < 1.29 is 55.9 Å². The van der Waals surface area contributed by atoms with E-state index >= 15 is 0 Å². The molecule has 19 saturated carbocycles. The molecular formula is C137H236O11. The van der Waals surface area contributed by atoms with Gasteiger partial charge in [-0.3, -0.25) is 4.79 Å². The van der Waals surface area contributed by atoms with Crippen LogP contribution in [0, 0.1) is 238 Å². The van der Waals surface area contributed by atoms with Crippen molar-refractivity contribution in [3.05, 3.63) is 23.3 Å². The van der Waals surface area contributed by atoms with Gasteiger partial charge >= 0.3 is 0 Å². The van der Waals surface area contributed by atoms with Crippen LogP contribution in [-0.4, -0.2) is 115 Å². The lowest BCUT2D eigenvalue weighted by molar-refractivity contribution is -0.169. The molecule has 0 saturated heterocycles. The lowest BCUT2D eigenvalue weighted by Crippen LogP contribution is -2.59. The highest BCUT2D eigenvalue weighted by Crippen LogP contribution is 2.77. The highest BCUT2D eigenvalue weighted by Gasteiger charge is 2.71. The van der Waals surface area contributed by atoms with E-state index in [9.17, 15) is 55.9 Å². The van der Waals surface area contributed by atoms with Crippen molar-refractivity contribution in [1.82, 2.24) is 0 Å². The number of carbonyl (C=O) groups excluding carboxylic acids is 1. The Morgan fingerprint density at radius 3 is 1.01 bits per heavy atom. The third-order valence-electron chi connectivity index (χ3n) is 55.6. The normalized spacial score (nSPS) is 50.4. The van der Waals surface area contributed by atoms with Gasteiger partial charge in [0.25, 0.3) is 0 Å². The Morgan fingerprint density at radius 2 is 0.601 bits per heavy atom. The lowest BCUT2D eigenvalue weighted by Gasteiger charge is -2.62. The Balaban J connectivity index is 0.000000126. The predicted octanol–water partition coefficient (Wildman–Crippen LogP) is 32.0. The zero-order chi connectivity index (χ0) is 108. The number of Topliss-reactive ketones (excluding diaryl/α,β-unsaturated/α-hetero) is 1. The predicted molar refractivity (Wildman–Crippen MR) is 610 cm³/mol. The Hall–Kier alpha value is -1.25. The van der Waals surface area contributed by atoms with Crippen molar-refractivity contribution in [2.24, 2.45) is 238 Å². The van der Waals surface area contributed by atoms with Crippen LogP contribution in [0.2, 0.25) is 0 Å². The number of fused-ring (bicyclic) bond motifs is 25. The molecule has 21 rings (SSSR count).